The Balaban J connectivity index is 1.47. The summed E-state index contributed by atoms with van der Waals surface area (Å²) in [5.41, 5.74) is -0.0874. The number of alkyl halides is 3. The van der Waals surface area contributed by atoms with Gasteiger partial charge in [0.25, 0.3) is 5.91 Å². The minimum absolute atomic E-state index is 0.0344. The Morgan fingerprint density at radius 3 is 2.81 bits per heavy atom. The predicted molar refractivity (Wildman–Crippen MR) is 108 cm³/mol. The summed E-state index contributed by atoms with van der Waals surface area (Å²) < 4.78 is 39.3. The van der Waals surface area contributed by atoms with Gasteiger partial charge in [-0.25, -0.2) is 15.0 Å². The van der Waals surface area contributed by atoms with Gasteiger partial charge in [-0.3, -0.25) is 9.59 Å². The Bertz CT molecular complexity index is 1150. The molecule has 1 fully saturated rings. The van der Waals surface area contributed by atoms with Crippen LogP contribution in [0.15, 0.2) is 35.5 Å². The topological polar surface area (TPSA) is 96.3 Å². The van der Waals surface area contributed by atoms with Crippen molar-refractivity contribution in [1.29, 1.82) is 0 Å². The highest BCUT2D eigenvalue weighted by atomic mass is 32.2. The molecule has 1 atom stereocenters. The SMILES string of the molecule is O=C(CSc1nc(C(F)(F)F)nc2ncccc12)c1ccc(CN2CC[C@H](O)C2=O)s1. The van der Waals surface area contributed by atoms with Crippen molar-refractivity contribution < 1.29 is 27.9 Å². The molecule has 162 valence electrons. The van der Waals surface area contributed by atoms with E-state index in [2.05, 4.69) is 15.0 Å². The van der Waals surface area contributed by atoms with E-state index in [9.17, 15) is 27.9 Å². The molecule has 4 rings (SSSR count). The van der Waals surface area contributed by atoms with Gasteiger partial charge in [-0.1, -0.05) is 11.8 Å². The van der Waals surface area contributed by atoms with Crippen LogP contribution in [0.4, 0.5) is 13.2 Å². The fourth-order valence-corrected chi connectivity index (χ4v) is 5.00. The molecule has 0 saturated carbocycles. The highest BCUT2D eigenvalue weighted by molar-refractivity contribution is 8.00. The Hall–Kier alpha value is -2.57. The van der Waals surface area contributed by atoms with E-state index in [0.717, 1.165) is 16.6 Å². The van der Waals surface area contributed by atoms with Gasteiger partial charge < -0.3 is 10.0 Å². The molecule has 0 aromatic carbocycles. The summed E-state index contributed by atoms with van der Waals surface area (Å²) in [5, 5.41) is 9.91. The van der Waals surface area contributed by atoms with Gasteiger partial charge >= 0.3 is 6.18 Å². The molecule has 1 amide bonds. The fourth-order valence-electron chi connectivity index (χ4n) is 3.06. The molecule has 1 saturated heterocycles. The first-order chi connectivity index (χ1) is 14.7. The second kappa shape index (κ2) is 8.52. The van der Waals surface area contributed by atoms with Crippen molar-refractivity contribution in [2.75, 3.05) is 12.3 Å². The third-order valence-corrected chi connectivity index (χ3v) is 6.68. The highest BCUT2D eigenvalue weighted by Gasteiger charge is 2.36. The summed E-state index contributed by atoms with van der Waals surface area (Å²) in [4.78, 5) is 38.1. The van der Waals surface area contributed by atoms with E-state index in [0.29, 0.717) is 29.8 Å². The number of hydrogen-bond donors (Lipinski definition) is 1. The molecule has 7 nitrogen and oxygen atoms in total. The van der Waals surface area contributed by atoms with Crippen molar-refractivity contribution in [1.82, 2.24) is 19.9 Å². The van der Waals surface area contributed by atoms with Crippen molar-refractivity contribution in [3.05, 3.63) is 46.0 Å². The quantitative estimate of drug-likeness (QED) is 0.337. The molecule has 1 aliphatic heterocycles. The van der Waals surface area contributed by atoms with Crippen LogP contribution in [0.25, 0.3) is 11.0 Å². The number of likely N-dealkylation sites (tertiary alicyclic amines) is 1. The molecule has 1 N–H and O–H groups in total. The smallest absolute Gasteiger partial charge is 0.383 e. The summed E-state index contributed by atoms with van der Waals surface area (Å²) in [5.74, 6) is -2.01. The molecular weight excluding hydrogens is 453 g/mol. The number of aliphatic hydroxyl groups excluding tert-OH is 1. The van der Waals surface area contributed by atoms with Crippen LogP contribution in [0.1, 0.15) is 26.8 Å². The van der Waals surface area contributed by atoms with E-state index in [4.69, 9.17) is 0 Å². The Labute approximate surface area is 182 Å². The van der Waals surface area contributed by atoms with Crippen LogP contribution in [-0.4, -0.2) is 55.1 Å². The van der Waals surface area contributed by atoms with Crippen molar-refractivity contribution >= 4 is 45.8 Å². The molecule has 3 aromatic heterocycles. The maximum Gasteiger partial charge on any atom is 0.451 e. The third-order valence-electron chi connectivity index (χ3n) is 4.58. The minimum atomic E-state index is -4.73. The lowest BCUT2D eigenvalue weighted by Crippen LogP contribution is -2.28. The van der Waals surface area contributed by atoms with Gasteiger partial charge in [-0.05, 0) is 30.7 Å². The van der Waals surface area contributed by atoms with Crippen molar-refractivity contribution in [3.63, 3.8) is 0 Å². The number of halogens is 3. The lowest BCUT2D eigenvalue weighted by molar-refractivity contribution is -0.145. The van der Waals surface area contributed by atoms with Gasteiger partial charge in [-0.2, -0.15) is 13.2 Å². The van der Waals surface area contributed by atoms with Crippen LogP contribution in [-0.2, 0) is 17.5 Å². The van der Waals surface area contributed by atoms with Crippen molar-refractivity contribution in [2.24, 2.45) is 0 Å². The van der Waals surface area contributed by atoms with Crippen LogP contribution >= 0.6 is 23.1 Å². The Morgan fingerprint density at radius 1 is 1.29 bits per heavy atom. The zero-order valence-corrected chi connectivity index (χ0v) is 17.4. The number of fused-ring (bicyclic) bond motifs is 1. The van der Waals surface area contributed by atoms with E-state index >= 15 is 0 Å². The number of thioether (sulfide) groups is 1. The second-order valence-corrected chi connectivity index (χ2v) is 8.90. The Morgan fingerprint density at radius 2 is 2.10 bits per heavy atom. The number of aromatic nitrogens is 3. The molecule has 1 aliphatic rings. The van der Waals surface area contributed by atoms with Crippen LogP contribution in [0.5, 0.6) is 0 Å². The first kappa shape index (κ1) is 21.7. The molecule has 0 aliphatic carbocycles. The van der Waals surface area contributed by atoms with Gasteiger partial charge in [0, 0.05) is 17.6 Å². The van der Waals surface area contributed by atoms with Gasteiger partial charge in [0.2, 0.25) is 5.82 Å². The zero-order valence-electron chi connectivity index (χ0n) is 15.8. The number of carbonyl (C=O) groups excluding carboxylic acids is 2. The lowest BCUT2D eigenvalue weighted by Gasteiger charge is -2.13. The number of hydrogen-bond acceptors (Lipinski definition) is 8. The molecule has 0 bridgehead atoms. The van der Waals surface area contributed by atoms with Crippen LogP contribution in [0, 0.1) is 0 Å². The number of amides is 1. The maximum atomic E-state index is 13.1. The number of Topliss-reactive ketones (excluding diaryl/α,β-unsaturated/α-hetero) is 1. The maximum absolute atomic E-state index is 13.1. The normalized spacial score (nSPS) is 17.0. The zero-order chi connectivity index (χ0) is 22.2. The molecule has 4 heterocycles. The van der Waals surface area contributed by atoms with E-state index < -0.39 is 18.1 Å². The van der Waals surface area contributed by atoms with Gasteiger partial charge in [0.05, 0.1) is 22.6 Å². The molecule has 0 spiro atoms. The largest absolute Gasteiger partial charge is 0.451 e. The predicted octanol–water partition coefficient (Wildman–Crippen LogP) is 3.17. The summed E-state index contributed by atoms with van der Waals surface area (Å²) in [7, 11) is 0. The lowest BCUT2D eigenvalue weighted by atomic mass is 10.3. The van der Waals surface area contributed by atoms with Gasteiger partial charge in [0.1, 0.15) is 11.1 Å². The van der Waals surface area contributed by atoms with Gasteiger partial charge in [-0.15, -0.1) is 11.3 Å². The minimum Gasteiger partial charge on any atom is -0.383 e. The van der Waals surface area contributed by atoms with E-state index in [1.54, 1.807) is 24.3 Å². The van der Waals surface area contributed by atoms with E-state index in [-0.39, 0.29) is 28.1 Å². The second-order valence-electron chi connectivity index (χ2n) is 6.77. The Kier molecular flexibility index (Phi) is 5.95. The van der Waals surface area contributed by atoms with Crippen LogP contribution < -0.4 is 0 Å². The average Bonchev–Trinajstić information content (AvgIpc) is 3.33. The molecule has 0 radical (unpaired) electrons. The number of ketones is 1. The monoisotopic (exact) mass is 468 g/mol. The fraction of sp³-hybridized carbons (Fsp3) is 0.316. The average molecular weight is 468 g/mol. The van der Waals surface area contributed by atoms with Crippen LogP contribution in [0.2, 0.25) is 0 Å². The molecule has 31 heavy (non-hydrogen) atoms. The number of thiophene rings is 1. The summed E-state index contributed by atoms with van der Waals surface area (Å²) in [6, 6.07) is 6.47. The van der Waals surface area contributed by atoms with Crippen molar-refractivity contribution in [2.45, 2.75) is 30.3 Å². The standard InChI is InChI=1S/C19H15F3N4O3S2/c20-19(21,22)18-24-15-11(2-1-6-23-15)16(25-18)30-9-13(28)14-4-3-10(31-14)8-26-7-5-12(27)17(26)29/h1-4,6,12,27H,5,7-9H2/t12-/m0/s1. The number of nitrogens with zero attached hydrogens (tertiary/aromatic N) is 4. The molecular formula is C19H15F3N4O3S2. The summed E-state index contributed by atoms with van der Waals surface area (Å²) in [6.07, 6.45) is -3.98. The van der Waals surface area contributed by atoms with E-state index in [1.807, 2.05) is 0 Å². The number of pyridine rings is 1. The van der Waals surface area contributed by atoms with Gasteiger partial charge in [0.15, 0.2) is 11.4 Å². The summed E-state index contributed by atoms with van der Waals surface area (Å²) in [6.45, 7) is 0.755. The molecule has 12 heteroatoms. The third kappa shape index (κ3) is 4.70. The number of carbonyl (C=O) groups is 2. The van der Waals surface area contributed by atoms with Crippen LogP contribution in [0.3, 0.4) is 0 Å². The van der Waals surface area contributed by atoms with Crippen molar-refractivity contribution in [3.8, 4) is 0 Å². The number of aliphatic hydroxyl groups is 1. The summed E-state index contributed by atoms with van der Waals surface area (Å²) >= 11 is 2.11. The first-order valence-corrected chi connectivity index (χ1v) is 10.9. The van der Waals surface area contributed by atoms with E-state index in [1.165, 1.54) is 22.4 Å². The highest BCUT2D eigenvalue weighted by Crippen LogP contribution is 2.32. The first-order valence-electron chi connectivity index (χ1n) is 9.14. The number of rotatable bonds is 6. The molecule has 0 unspecified atom stereocenters. The molecule has 3 aromatic rings.